The van der Waals surface area contributed by atoms with Crippen molar-refractivity contribution >= 4 is 37.6 Å². The van der Waals surface area contributed by atoms with Crippen LogP contribution in [0.3, 0.4) is 0 Å². The lowest BCUT2D eigenvalue weighted by atomic mass is 10.0. The topological polar surface area (TPSA) is 55.4 Å². The second kappa shape index (κ2) is 9.30. The number of para-hydroxylation sites is 1. The molecule has 0 aromatic heterocycles. The molecule has 0 radical (unpaired) electrons. The third-order valence-corrected chi connectivity index (χ3v) is 6.88. The summed E-state index contributed by atoms with van der Waals surface area (Å²) >= 11 is 9.42. The normalized spacial score (nSPS) is 13.6. The smallest absolute Gasteiger partial charge is 0.243 e. The summed E-state index contributed by atoms with van der Waals surface area (Å²) in [6.07, 6.45) is 1.03. The average Bonchev–Trinajstić information content (AvgIpc) is 2.70. The Morgan fingerprint density at radius 2 is 1.59 bits per heavy atom. The van der Waals surface area contributed by atoms with Crippen LogP contribution in [0.15, 0.2) is 88.2 Å². The van der Waals surface area contributed by atoms with Gasteiger partial charge >= 0.3 is 0 Å². The molecule has 0 amide bonds. The maximum atomic E-state index is 13.0. The SMILES string of the molecule is CC(CCc1ccc(Cl)cc1)(NS(=O)(=O)c1ccccc1)Oc1ccccc1Br. The van der Waals surface area contributed by atoms with E-state index in [0.717, 1.165) is 10.0 Å². The summed E-state index contributed by atoms with van der Waals surface area (Å²) in [5, 5.41) is 0.658. The van der Waals surface area contributed by atoms with Crippen LogP contribution in [-0.4, -0.2) is 14.1 Å². The Bertz CT molecular complexity index is 1060. The molecule has 3 aromatic carbocycles. The third kappa shape index (κ3) is 6.06. The van der Waals surface area contributed by atoms with Gasteiger partial charge in [0.15, 0.2) is 5.72 Å². The number of sulfonamides is 1. The van der Waals surface area contributed by atoms with Crippen LogP contribution in [0.5, 0.6) is 5.75 Å². The molecule has 0 aliphatic carbocycles. The van der Waals surface area contributed by atoms with Crippen LogP contribution in [0.2, 0.25) is 5.02 Å². The molecule has 7 heteroatoms. The van der Waals surface area contributed by atoms with Gasteiger partial charge in [0.1, 0.15) is 5.75 Å². The molecule has 1 unspecified atom stereocenters. The number of ether oxygens (including phenoxy) is 1. The van der Waals surface area contributed by atoms with Crippen LogP contribution in [0.1, 0.15) is 18.9 Å². The number of aryl methyl sites for hydroxylation is 1. The van der Waals surface area contributed by atoms with E-state index in [-0.39, 0.29) is 4.90 Å². The summed E-state index contributed by atoms with van der Waals surface area (Å²) in [5.41, 5.74) is -0.131. The Balaban J connectivity index is 1.87. The van der Waals surface area contributed by atoms with E-state index in [0.29, 0.717) is 23.6 Å². The summed E-state index contributed by atoms with van der Waals surface area (Å²) in [6, 6.07) is 23.1. The van der Waals surface area contributed by atoms with Crippen molar-refractivity contribution in [3.63, 3.8) is 0 Å². The standard InChI is InChI=1S/C22H21BrClNO3S/c1-22(28-21-10-6-5-9-20(21)23,16-15-17-11-13-18(24)14-12-17)25-29(26,27)19-7-3-2-4-8-19/h2-14,25H,15-16H2,1H3. The minimum Gasteiger partial charge on any atom is -0.471 e. The molecule has 0 saturated heterocycles. The fourth-order valence-corrected chi connectivity index (χ4v) is 4.71. The molecule has 29 heavy (non-hydrogen) atoms. The van der Waals surface area contributed by atoms with Crippen molar-refractivity contribution in [1.82, 2.24) is 4.72 Å². The fourth-order valence-electron chi connectivity index (χ4n) is 2.87. The molecule has 0 heterocycles. The zero-order valence-electron chi connectivity index (χ0n) is 15.8. The largest absolute Gasteiger partial charge is 0.471 e. The molecule has 0 bridgehead atoms. The van der Waals surface area contributed by atoms with Gasteiger partial charge < -0.3 is 4.74 Å². The zero-order chi connectivity index (χ0) is 20.9. The lowest BCUT2D eigenvalue weighted by Crippen LogP contribution is -2.50. The van der Waals surface area contributed by atoms with Gasteiger partial charge in [0.2, 0.25) is 10.0 Å². The van der Waals surface area contributed by atoms with Crippen molar-refractivity contribution in [3.8, 4) is 5.75 Å². The second-order valence-corrected chi connectivity index (χ2v) is 9.78. The maximum Gasteiger partial charge on any atom is 0.243 e. The summed E-state index contributed by atoms with van der Waals surface area (Å²) in [6.45, 7) is 1.74. The van der Waals surface area contributed by atoms with Crippen LogP contribution in [-0.2, 0) is 16.4 Å². The van der Waals surface area contributed by atoms with Gasteiger partial charge in [-0.2, -0.15) is 4.72 Å². The number of benzene rings is 3. The van der Waals surface area contributed by atoms with Crippen molar-refractivity contribution in [3.05, 3.63) is 93.9 Å². The van der Waals surface area contributed by atoms with E-state index in [1.165, 1.54) is 0 Å². The van der Waals surface area contributed by atoms with E-state index >= 15 is 0 Å². The Labute approximate surface area is 185 Å². The number of rotatable bonds is 8. The van der Waals surface area contributed by atoms with Gasteiger partial charge in [0, 0.05) is 11.4 Å². The third-order valence-electron chi connectivity index (χ3n) is 4.38. The molecule has 4 nitrogen and oxygen atoms in total. The molecule has 1 N–H and O–H groups in total. The van der Waals surface area contributed by atoms with Crippen molar-refractivity contribution in [2.24, 2.45) is 0 Å². The van der Waals surface area contributed by atoms with Crippen molar-refractivity contribution in [1.29, 1.82) is 0 Å². The van der Waals surface area contributed by atoms with Gasteiger partial charge in [0.05, 0.1) is 9.37 Å². The number of nitrogens with one attached hydrogen (secondary N) is 1. The Morgan fingerprint density at radius 3 is 2.24 bits per heavy atom. The first kappa shape index (κ1) is 21.8. The molecular formula is C22H21BrClNO3S. The van der Waals surface area contributed by atoms with E-state index in [9.17, 15) is 8.42 Å². The molecule has 0 spiro atoms. The zero-order valence-corrected chi connectivity index (χ0v) is 19.0. The van der Waals surface area contributed by atoms with E-state index < -0.39 is 15.7 Å². The Hall–Kier alpha value is -1.86. The lowest BCUT2D eigenvalue weighted by molar-refractivity contribution is 0.0669. The summed E-state index contributed by atoms with van der Waals surface area (Å²) in [7, 11) is -3.77. The van der Waals surface area contributed by atoms with E-state index in [1.54, 1.807) is 43.3 Å². The molecule has 0 saturated carbocycles. The van der Waals surface area contributed by atoms with Crippen LogP contribution in [0.4, 0.5) is 0 Å². The Morgan fingerprint density at radius 1 is 0.966 bits per heavy atom. The van der Waals surface area contributed by atoms with Crippen LogP contribution >= 0.6 is 27.5 Å². The molecule has 3 aromatic rings. The minimum atomic E-state index is -3.77. The highest BCUT2D eigenvalue weighted by Crippen LogP contribution is 2.30. The first-order valence-electron chi connectivity index (χ1n) is 9.04. The number of hydrogen-bond donors (Lipinski definition) is 1. The first-order valence-corrected chi connectivity index (χ1v) is 11.7. The maximum absolute atomic E-state index is 13.0. The van der Waals surface area contributed by atoms with Crippen LogP contribution < -0.4 is 9.46 Å². The van der Waals surface area contributed by atoms with E-state index in [4.69, 9.17) is 16.3 Å². The monoisotopic (exact) mass is 493 g/mol. The van der Waals surface area contributed by atoms with Gasteiger partial charge in [0.25, 0.3) is 0 Å². The molecule has 0 aliphatic rings. The molecule has 1 atom stereocenters. The molecule has 152 valence electrons. The van der Waals surface area contributed by atoms with Crippen molar-refractivity contribution < 1.29 is 13.2 Å². The molecule has 3 rings (SSSR count). The van der Waals surface area contributed by atoms with Crippen molar-refractivity contribution in [2.45, 2.75) is 30.4 Å². The van der Waals surface area contributed by atoms with Gasteiger partial charge in [-0.15, -0.1) is 0 Å². The molecule has 0 fully saturated rings. The quantitative estimate of drug-likeness (QED) is 0.402. The van der Waals surface area contributed by atoms with Crippen LogP contribution in [0, 0.1) is 0 Å². The van der Waals surface area contributed by atoms with Gasteiger partial charge in [-0.1, -0.05) is 54.1 Å². The first-order chi connectivity index (χ1) is 13.8. The van der Waals surface area contributed by atoms with Gasteiger partial charge in [-0.05, 0) is 71.2 Å². The van der Waals surface area contributed by atoms with E-state index in [2.05, 4.69) is 20.7 Å². The molecular weight excluding hydrogens is 474 g/mol. The van der Waals surface area contributed by atoms with Crippen LogP contribution in [0.25, 0.3) is 0 Å². The van der Waals surface area contributed by atoms with Gasteiger partial charge in [-0.25, -0.2) is 8.42 Å². The average molecular weight is 495 g/mol. The predicted molar refractivity (Wildman–Crippen MR) is 120 cm³/mol. The second-order valence-electron chi connectivity index (χ2n) is 6.81. The fraction of sp³-hybridized carbons (Fsp3) is 0.182. The highest BCUT2D eigenvalue weighted by atomic mass is 79.9. The number of halogens is 2. The van der Waals surface area contributed by atoms with Crippen molar-refractivity contribution in [2.75, 3.05) is 0 Å². The Kier molecular flexibility index (Phi) is 7.01. The van der Waals surface area contributed by atoms with E-state index in [1.807, 2.05) is 42.5 Å². The number of hydrogen-bond acceptors (Lipinski definition) is 3. The summed E-state index contributed by atoms with van der Waals surface area (Å²) < 4.78 is 35.6. The predicted octanol–water partition coefficient (Wildman–Crippen LogP) is 5.81. The van der Waals surface area contributed by atoms with Gasteiger partial charge in [-0.3, -0.25) is 0 Å². The highest BCUT2D eigenvalue weighted by molar-refractivity contribution is 9.10. The summed E-state index contributed by atoms with van der Waals surface area (Å²) in [5.74, 6) is 0.557. The lowest BCUT2D eigenvalue weighted by Gasteiger charge is -2.32. The highest BCUT2D eigenvalue weighted by Gasteiger charge is 2.33. The minimum absolute atomic E-state index is 0.188. The molecule has 0 aliphatic heterocycles. The summed E-state index contributed by atoms with van der Waals surface area (Å²) in [4.78, 5) is 0.188.